The SMILES string of the molecule is CCc1cnn2c(NCc3ccc(OCc4ccccc4)nc3)cc(N3CCCC[C@H]3CCO)nc12. The van der Waals surface area contributed by atoms with Crippen molar-refractivity contribution in [3.8, 4) is 5.88 Å². The van der Waals surface area contributed by atoms with E-state index in [9.17, 15) is 5.11 Å². The molecule has 0 radical (unpaired) electrons. The first-order chi connectivity index (χ1) is 17.7. The van der Waals surface area contributed by atoms with Gasteiger partial charge in [-0.1, -0.05) is 43.3 Å². The van der Waals surface area contributed by atoms with Gasteiger partial charge in [0.15, 0.2) is 5.65 Å². The monoisotopic (exact) mass is 486 g/mol. The lowest BCUT2D eigenvalue weighted by atomic mass is 9.99. The van der Waals surface area contributed by atoms with Crippen LogP contribution in [0.2, 0.25) is 0 Å². The second-order valence-corrected chi connectivity index (χ2v) is 9.25. The molecule has 4 heterocycles. The molecular weight excluding hydrogens is 452 g/mol. The molecule has 1 aliphatic rings. The number of benzene rings is 1. The van der Waals surface area contributed by atoms with Crippen LogP contribution in [-0.4, -0.2) is 43.9 Å². The molecule has 0 unspecified atom stereocenters. The van der Waals surface area contributed by atoms with Gasteiger partial charge in [0, 0.05) is 49.6 Å². The van der Waals surface area contributed by atoms with E-state index < -0.39 is 0 Å². The number of aliphatic hydroxyl groups is 1. The molecule has 0 saturated carbocycles. The molecule has 1 fully saturated rings. The van der Waals surface area contributed by atoms with E-state index in [0.717, 1.165) is 66.2 Å². The van der Waals surface area contributed by atoms with Gasteiger partial charge in [0.05, 0.1) is 6.20 Å². The lowest BCUT2D eigenvalue weighted by Crippen LogP contribution is -2.40. The van der Waals surface area contributed by atoms with Crippen molar-refractivity contribution in [2.45, 2.75) is 58.2 Å². The molecule has 0 spiro atoms. The summed E-state index contributed by atoms with van der Waals surface area (Å²) < 4.78 is 7.71. The Balaban J connectivity index is 1.32. The highest BCUT2D eigenvalue weighted by molar-refractivity contribution is 5.61. The summed E-state index contributed by atoms with van der Waals surface area (Å²) in [5.74, 6) is 2.45. The largest absolute Gasteiger partial charge is 0.473 e. The van der Waals surface area contributed by atoms with E-state index in [4.69, 9.17) is 9.72 Å². The highest BCUT2D eigenvalue weighted by Crippen LogP contribution is 2.29. The Bertz CT molecular complexity index is 1260. The first kappa shape index (κ1) is 24.1. The van der Waals surface area contributed by atoms with Gasteiger partial charge in [0.1, 0.15) is 18.2 Å². The van der Waals surface area contributed by atoms with E-state index in [1.165, 1.54) is 6.42 Å². The molecule has 0 amide bonds. The summed E-state index contributed by atoms with van der Waals surface area (Å²) in [5, 5.41) is 17.7. The predicted molar refractivity (Wildman–Crippen MR) is 141 cm³/mol. The zero-order chi connectivity index (χ0) is 24.7. The summed E-state index contributed by atoms with van der Waals surface area (Å²) in [4.78, 5) is 11.8. The number of hydrogen-bond acceptors (Lipinski definition) is 7. The highest BCUT2D eigenvalue weighted by atomic mass is 16.5. The van der Waals surface area contributed by atoms with Crippen molar-refractivity contribution in [2.24, 2.45) is 0 Å². The number of hydrogen-bond donors (Lipinski definition) is 2. The zero-order valence-corrected chi connectivity index (χ0v) is 20.8. The van der Waals surface area contributed by atoms with Crippen molar-refractivity contribution in [1.29, 1.82) is 0 Å². The summed E-state index contributed by atoms with van der Waals surface area (Å²) in [5.41, 5.74) is 4.17. The molecule has 8 heteroatoms. The van der Waals surface area contributed by atoms with Crippen molar-refractivity contribution in [1.82, 2.24) is 19.6 Å². The van der Waals surface area contributed by atoms with E-state index in [1.54, 1.807) is 0 Å². The Labute approximate surface area is 212 Å². The molecule has 4 aromatic rings. The maximum absolute atomic E-state index is 9.59. The number of piperidine rings is 1. The molecule has 36 heavy (non-hydrogen) atoms. The van der Waals surface area contributed by atoms with E-state index in [-0.39, 0.29) is 6.61 Å². The standard InChI is InChI=1S/C28H34N6O2/c1-2-23-19-31-34-25(16-26(32-28(23)34)33-14-7-6-10-24(33)13-15-35)29-17-22-11-12-27(30-18-22)36-20-21-8-4-3-5-9-21/h3-5,8-9,11-12,16,18-19,24,29,35H,2,6-7,10,13-15,17,20H2,1H3/t24-/m0/s1. The van der Waals surface area contributed by atoms with Gasteiger partial charge >= 0.3 is 0 Å². The van der Waals surface area contributed by atoms with E-state index in [0.29, 0.717) is 25.1 Å². The molecule has 2 N–H and O–H groups in total. The van der Waals surface area contributed by atoms with Crippen LogP contribution in [0.15, 0.2) is 60.9 Å². The number of aryl methyl sites for hydroxylation is 1. The van der Waals surface area contributed by atoms with Crippen LogP contribution in [-0.2, 0) is 19.6 Å². The normalized spacial score (nSPS) is 15.8. The van der Waals surface area contributed by atoms with Gasteiger partial charge in [-0.2, -0.15) is 9.61 Å². The number of nitrogens with one attached hydrogen (secondary N) is 1. The van der Waals surface area contributed by atoms with Gasteiger partial charge in [0.2, 0.25) is 5.88 Å². The number of nitrogens with zero attached hydrogens (tertiary/aromatic N) is 5. The van der Waals surface area contributed by atoms with E-state index >= 15 is 0 Å². The summed E-state index contributed by atoms with van der Waals surface area (Å²) in [6, 6.07) is 16.4. The van der Waals surface area contributed by atoms with Gasteiger partial charge < -0.3 is 20.1 Å². The quantitative estimate of drug-likeness (QED) is 0.338. The number of anilines is 2. The first-order valence-electron chi connectivity index (χ1n) is 12.9. The molecular formula is C28H34N6O2. The number of rotatable bonds is 10. The molecule has 188 valence electrons. The lowest BCUT2D eigenvalue weighted by Gasteiger charge is -2.36. The lowest BCUT2D eigenvalue weighted by molar-refractivity contribution is 0.262. The molecule has 0 aliphatic carbocycles. The average Bonchev–Trinajstić information content (AvgIpc) is 3.35. The minimum Gasteiger partial charge on any atom is -0.473 e. The Kier molecular flexibility index (Phi) is 7.61. The van der Waals surface area contributed by atoms with E-state index in [1.807, 2.05) is 59.4 Å². The predicted octanol–water partition coefficient (Wildman–Crippen LogP) is 4.62. The average molecular weight is 487 g/mol. The molecule has 1 aliphatic heterocycles. The second kappa shape index (κ2) is 11.4. The number of pyridine rings is 1. The van der Waals surface area contributed by atoms with Crippen LogP contribution in [0.1, 0.15) is 49.3 Å². The smallest absolute Gasteiger partial charge is 0.213 e. The number of fused-ring (bicyclic) bond motifs is 1. The minimum atomic E-state index is 0.194. The summed E-state index contributed by atoms with van der Waals surface area (Å²) in [6.07, 6.45) is 8.80. The highest BCUT2D eigenvalue weighted by Gasteiger charge is 2.24. The van der Waals surface area contributed by atoms with Crippen LogP contribution < -0.4 is 15.0 Å². The third-order valence-corrected chi connectivity index (χ3v) is 6.80. The van der Waals surface area contributed by atoms with Crippen molar-refractivity contribution in [3.05, 3.63) is 77.6 Å². The van der Waals surface area contributed by atoms with E-state index in [2.05, 4.69) is 33.3 Å². The third kappa shape index (κ3) is 5.44. The fourth-order valence-electron chi connectivity index (χ4n) is 4.79. The Morgan fingerprint density at radius 3 is 2.75 bits per heavy atom. The first-order valence-corrected chi connectivity index (χ1v) is 12.9. The molecule has 1 saturated heterocycles. The minimum absolute atomic E-state index is 0.194. The molecule has 3 aromatic heterocycles. The molecule has 8 nitrogen and oxygen atoms in total. The fraction of sp³-hybridized carbons (Fsp3) is 0.393. The van der Waals surface area contributed by atoms with Crippen LogP contribution >= 0.6 is 0 Å². The number of ether oxygens (including phenoxy) is 1. The Hall–Kier alpha value is -3.65. The fourth-order valence-corrected chi connectivity index (χ4v) is 4.79. The van der Waals surface area contributed by atoms with Crippen LogP contribution in [0.3, 0.4) is 0 Å². The van der Waals surface area contributed by atoms with Gasteiger partial charge in [-0.15, -0.1) is 0 Å². The maximum atomic E-state index is 9.59. The summed E-state index contributed by atoms with van der Waals surface area (Å²) >= 11 is 0. The zero-order valence-electron chi connectivity index (χ0n) is 20.8. The Morgan fingerprint density at radius 1 is 1.08 bits per heavy atom. The molecule has 0 bridgehead atoms. The summed E-state index contributed by atoms with van der Waals surface area (Å²) in [6.45, 7) is 4.37. The van der Waals surface area contributed by atoms with Crippen molar-refractivity contribution in [2.75, 3.05) is 23.4 Å². The molecule has 1 atom stereocenters. The maximum Gasteiger partial charge on any atom is 0.213 e. The van der Waals surface area contributed by atoms with Crippen LogP contribution in [0.5, 0.6) is 5.88 Å². The number of aliphatic hydroxyl groups excluding tert-OH is 1. The third-order valence-electron chi connectivity index (χ3n) is 6.80. The van der Waals surface area contributed by atoms with Crippen LogP contribution in [0.25, 0.3) is 5.65 Å². The topological polar surface area (TPSA) is 87.8 Å². The van der Waals surface area contributed by atoms with Crippen molar-refractivity contribution in [3.63, 3.8) is 0 Å². The van der Waals surface area contributed by atoms with Gasteiger partial charge in [0.25, 0.3) is 0 Å². The molecule has 1 aromatic carbocycles. The van der Waals surface area contributed by atoms with Crippen LogP contribution in [0.4, 0.5) is 11.6 Å². The number of aromatic nitrogens is 4. The van der Waals surface area contributed by atoms with Gasteiger partial charge in [-0.05, 0) is 43.2 Å². The second-order valence-electron chi connectivity index (χ2n) is 9.25. The van der Waals surface area contributed by atoms with Gasteiger partial charge in [-0.3, -0.25) is 0 Å². The summed E-state index contributed by atoms with van der Waals surface area (Å²) in [7, 11) is 0. The van der Waals surface area contributed by atoms with Crippen LogP contribution in [0, 0.1) is 0 Å². The van der Waals surface area contributed by atoms with Crippen molar-refractivity contribution < 1.29 is 9.84 Å². The Morgan fingerprint density at radius 2 is 1.97 bits per heavy atom. The molecule has 5 rings (SSSR count). The van der Waals surface area contributed by atoms with Gasteiger partial charge in [-0.25, -0.2) is 9.97 Å². The van der Waals surface area contributed by atoms with Crippen molar-refractivity contribution >= 4 is 17.3 Å².